The highest BCUT2D eigenvalue weighted by atomic mass is 19.3. The summed E-state index contributed by atoms with van der Waals surface area (Å²) in [7, 11) is 0. The molecule has 104 valence electrons. The fraction of sp³-hybridized carbons (Fsp3) is 0.0769. The molecule has 0 aliphatic rings. The van der Waals surface area contributed by atoms with Crippen LogP contribution in [0.5, 0.6) is 5.75 Å². The molecule has 0 amide bonds. The maximum absolute atomic E-state index is 12.4. The Morgan fingerprint density at radius 3 is 2.60 bits per heavy atom. The number of carboxylic acids is 1. The SMILES string of the molecule is O=Cc1ccc(-c2ccc(C(=O)O)cc2OC(F)F)o1. The third-order valence-electron chi connectivity index (χ3n) is 2.45. The lowest BCUT2D eigenvalue weighted by atomic mass is 10.1. The van der Waals surface area contributed by atoms with Crippen molar-refractivity contribution in [2.75, 3.05) is 0 Å². The quantitative estimate of drug-likeness (QED) is 0.853. The van der Waals surface area contributed by atoms with E-state index in [4.69, 9.17) is 9.52 Å². The van der Waals surface area contributed by atoms with Gasteiger partial charge in [0.25, 0.3) is 0 Å². The van der Waals surface area contributed by atoms with Gasteiger partial charge in [-0.05, 0) is 30.3 Å². The highest BCUT2D eigenvalue weighted by Crippen LogP contribution is 2.33. The summed E-state index contributed by atoms with van der Waals surface area (Å²) in [5.74, 6) is -1.47. The highest BCUT2D eigenvalue weighted by molar-refractivity contribution is 5.89. The Morgan fingerprint density at radius 1 is 1.30 bits per heavy atom. The molecule has 0 unspecified atom stereocenters. The zero-order valence-corrected chi connectivity index (χ0v) is 9.88. The zero-order chi connectivity index (χ0) is 14.7. The topological polar surface area (TPSA) is 76.7 Å². The highest BCUT2D eigenvalue weighted by Gasteiger charge is 2.17. The minimum atomic E-state index is -3.11. The van der Waals surface area contributed by atoms with Crippen molar-refractivity contribution in [1.29, 1.82) is 0 Å². The van der Waals surface area contributed by atoms with Gasteiger partial charge in [0.1, 0.15) is 11.5 Å². The van der Waals surface area contributed by atoms with Crippen LogP contribution in [0, 0.1) is 0 Å². The van der Waals surface area contributed by atoms with Gasteiger partial charge in [-0.2, -0.15) is 8.78 Å². The van der Waals surface area contributed by atoms with E-state index in [-0.39, 0.29) is 28.4 Å². The summed E-state index contributed by atoms with van der Waals surface area (Å²) >= 11 is 0. The van der Waals surface area contributed by atoms with E-state index >= 15 is 0 Å². The van der Waals surface area contributed by atoms with Crippen molar-refractivity contribution >= 4 is 12.3 Å². The van der Waals surface area contributed by atoms with Gasteiger partial charge in [0.2, 0.25) is 0 Å². The lowest BCUT2D eigenvalue weighted by Gasteiger charge is -2.09. The molecule has 7 heteroatoms. The zero-order valence-electron chi connectivity index (χ0n) is 9.88. The Bertz CT molecular complexity index is 648. The lowest BCUT2D eigenvalue weighted by Crippen LogP contribution is -2.05. The van der Waals surface area contributed by atoms with E-state index in [2.05, 4.69) is 4.74 Å². The van der Waals surface area contributed by atoms with E-state index in [0.29, 0.717) is 6.29 Å². The number of ether oxygens (including phenoxy) is 1. The number of halogens is 2. The Hall–Kier alpha value is -2.70. The molecule has 20 heavy (non-hydrogen) atoms. The van der Waals surface area contributed by atoms with Crippen LogP contribution in [0.4, 0.5) is 8.78 Å². The van der Waals surface area contributed by atoms with E-state index in [0.717, 1.165) is 6.07 Å². The van der Waals surface area contributed by atoms with Gasteiger partial charge in [-0.3, -0.25) is 4.79 Å². The molecule has 1 aromatic carbocycles. The van der Waals surface area contributed by atoms with Crippen molar-refractivity contribution in [3.05, 3.63) is 41.7 Å². The number of aldehydes is 1. The normalized spacial score (nSPS) is 10.6. The molecule has 1 aromatic heterocycles. The second-order valence-corrected chi connectivity index (χ2v) is 3.71. The first-order valence-corrected chi connectivity index (χ1v) is 5.39. The summed E-state index contributed by atoms with van der Waals surface area (Å²) in [6, 6.07) is 6.22. The molecular formula is C13H8F2O5. The second kappa shape index (κ2) is 5.52. The van der Waals surface area contributed by atoms with Crippen molar-refractivity contribution in [2.24, 2.45) is 0 Å². The van der Waals surface area contributed by atoms with Crippen molar-refractivity contribution < 1.29 is 32.6 Å². The lowest BCUT2D eigenvalue weighted by molar-refractivity contribution is -0.0495. The fourth-order valence-corrected chi connectivity index (χ4v) is 1.61. The van der Waals surface area contributed by atoms with Crippen LogP contribution in [0.1, 0.15) is 20.9 Å². The van der Waals surface area contributed by atoms with Gasteiger partial charge in [0.15, 0.2) is 12.0 Å². The van der Waals surface area contributed by atoms with Crippen LogP contribution in [-0.4, -0.2) is 24.0 Å². The number of carbonyl (C=O) groups excluding carboxylic acids is 1. The number of hydrogen-bond acceptors (Lipinski definition) is 4. The number of aromatic carboxylic acids is 1. The van der Waals surface area contributed by atoms with Gasteiger partial charge < -0.3 is 14.3 Å². The van der Waals surface area contributed by atoms with E-state index in [1.165, 1.54) is 24.3 Å². The first-order valence-electron chi connectivity index (χ1n) is 5.39. The molecule has 0 radical (unpaired) electrons. The van der Waals surface area contributed by atoms with Gasteiger partial charge in [0, 0.05) is 0 Å². The van der Waals surface area contributed by atoms with Crippen molar-refractivity contribution in [2.45, 2.75) is 6.61 Å². The third-order valence-corrected chi connectivity index (χ3v) is 2.45. The fourth-order valence-electron chi connectivity index (χ4n) is 1.61. The standard InChI is InChI=1S/C13H8F2O5/c14-13(15)20-11-5-7(12(17)18)1-3-9(11)10-4-2-8(6-16)19-10/h1-6,13H,(H,17,18). The summed E-state index contributed by atoms with van der Waals surface area (Å²) in [6.45, 7) is -3.11. The van der Waals surface area contributed by atoms with E-state index in [9.17, 15) is 18.4 Å². The third kappa shape index (κ3) is 2.82. The molecule has 2 rings (SSSR count). The van der Waals surface area contributed by atoms with Crippen LogP contribution in [0.2, 0.25) is 0 Å². The van der Waals surface area contributed by atoms with Crippen LogP contribution in [0.15, 0.2) is 34.7 Å². The van der Waals surface area contributed by atoms with Crippen molar-refractivity contribution in [1.82, 2.24) is 0 Å². The predicted molar refractivity (Wildman–Crippen MR) is 63.1 cm³/mol. The largest absolute Gasteiger partial charge is 0.478 e. The van der Waals surface area contributed by atoms with Gasteiger partial charge in [0.05, 0.1) is 11.1 Å². The molecule has 0 saturated carbocycles. The van der Waals surface area contributed by atoms with Gasteiger partial charge in [-0.25, -0.2) is 4.79 Å². The average Bonchev–Trinajstić information content (AvgIpc) is 2.86. The van der Waals surface area contributed by atoms with Crippen molar-refractivity contribution in [3.8, 4) is 17.1 Å². The Labute approximate surface area is 111 Å². The summed E-state index contributed by atoms with van der Waals surface area (Å²) in [4.78, 5) is 21.4. The van der Waals surface area contributed by atoms with Crippen LogP contribution < -0.4 is 4.74 Å². The number of furan rings is 1. The summed E-state index contributed by atoms with van der Waals surface area (Å²) < 4.78 is 34.1. The van der Waals surface area contributed by atoms with E-state index in [1.807, 2.05) is 0 Å². The first-order chi connectivity index (χ1) is 9.51. The minimum Gasteiger partial charge on any atom is -0.478 e. The Balaban J connectivity index is 2.50. The number of carboxylic acid groups (broad SMARTS) is 1. The van der Waals surface area contributed by atoms with Crippen LogP contribution in [-0.2, 0) is 0 Å². The first kappa shape index (κ1) is 13.7. The average molecular weight is 282 g/mol. The molecule has 0 aliphatic heterocycles. The molecule has 2 aromatic rings. The number of alkyl halides is 2. The Kier molecular flexibility index (Phi) is 3.79. The predicted octanol–water partition coefficient (Wildman–Crippen LogP) is 3.06. The number of rotatable bonds is 5. The molecule has 0 spiro atoms. The molecule has 0 atom stereocenters. The number of carbonyl (C=O) groups is 2. The minimum absolute atomic E-state index is 0.0188. The van der Waals surface area contributed by atoms with Crippen LogP contribution >= 0.6 is 0 Å². The molecule has 0 saturated heterocycles. The molecule has 0 aliphatic carbocycles. The molecule has 0 bridgehead atoms. The van der Waals surface area contributed by atoms with Gasteiger partial charge in [-0.1, -0.05) is 0 Å². The molecule has 1 heterocycles. The number of benzene rings is 1. The van der Waals surface area contributed by atoms with Crippen LogP contribution in [0.25, 0.3) is 11.3 Å². The second-order valence-electron chi connectivity index (χ2n) is 3.71. The van der Waals surface area contributed by atoms with Gasteiger partial charge in [-0.15, -0.1) is 0 Å². The van der Waals surface area contributed by atoms with E-state index in [1.54, 1.807) is 0 Å². The maximum Gasteiger partial charge on any atom is 0.387 e. The maximum atomic E-state index is 12.4. The smallest absolute Gasteiger partial charge is 0.387 e. The summed E-state index contributed by atoms with van der Waals surface area (Å²) in [5, 5.41) is 8.83. The van der Waals surface area contributed by atoms with E-state index < -0.39 is 12.6 Å². The monoisotopic (exact) mass is 282 g/mol. The van der Waals surface area contributed by atoms with Crippen LogP contribution in [0.3, 0.4) is 0 Å². The molecule has 5 nitrogen and oxygen atoms in total. The molecule has 1 N–H and O–H groups in total. The Morgan fingerprint density at radius 2 is 2.05 bits per heavy atom. The van der Waals surface area contributed by atoms with Crippen molar-refractivity contribution in [3.63, 3.8) is 0 Å². The molecular weight excluding hydrogens is 274 g/mol. The molecule has 0 fully saturated rings. The number of hydrogen-bond donors (Lipinski definition) is 1. The summed E-state index contributed by atoms with van der Waals surface area (Å²) in [5.41, 5.74) is -0.0741. The summed E-state index contributed by atoms with van der Waals surface area (Å²) in [6.07, 6.45) is 0.461. The van der Waals surface area contributed by atoms with Gasteiger partial charge >= 0.3 is 12.6 Å².